The van der Waals surface area contributed by atoms with Crippen molar-refractivity contribution in [3.8, 4) is 0 Å². The molecular formula is C18H18FN3O2. The van der Waals surface area contributed by atoms with E-state index in [4.69, 9.17) is 4.42 Å². The number of benzene rings is 1. The number of nitrogens with zero attached hydrogens (tertiary/aromatic N) is 1. The van der Waals surface area contributed by atoms with Crippen LogP contribution in [0.25, 0.3) is 0 Å². The summed E-state index contributed by atoms with van der Waals surface area (Å²) in [6.07, 6.45) is 3.50. The average molecular weight is 327 g/mol. The Labute approximate surface area is 139 Å². The van der Waals surface area contributed by atoms with E-state index in [2.05, 4.69) is 10.6 Å². The number of carbonyl (C=O) groups is 1. The molecule has 0 spiro atoms. The van der Waals surface area contributed by atoms with Gasteiger partial charge in [0.25, 0.3) is 0 Å². The zero-order valence-corrected chi connectivity index (χ0v) is 13.0. The number of aromatic nitrogens is 1. The summed E-state index contributed by atoms with van der Waals surface area (Å²) in [5.74, 6) is 0.450. The second-order valence-electron chi connectivity index (χ2n) is 5.37. The minimum Gasteiger partial charge on any atom is -0.467 e. The molecule has 0 saturated heterocycles. The van der Waals surface area contributed by atoms with Gasteiger partial charge in [-0.05, 0) is 42.0 Å². The fraction of sp³-hybridized carbons (Fsp3) is 0.167. The highest BCUT2D eigenvalue weighted by molar-refractivity contribution is 5.73. The number of urea groups is 1. The molecule has 0 radical (unpaired) electrons. The molecule has 24 heavy (non-hydrogen) atoms. The molecule has 0 atom stereocenters. The predicted octanol–water partition coefficient (Wildman–Crippen LogP) is 3.27. The maximum atomic E-state index is 13.0. The number of hydrogen-bond acceptors (Lipinski definition) is 2. The first kappa shape index (κ1) is 15.9. The zero-order chi connectivity index (χ0) is 16.8. The highest BCUT2D eigenvalue weighted by atomic mass is 19.1. The molecule has 0 fully saturated rings. The standard InChI is InChI=1S/C18H18FN3O2/c19-15-7-5-14(6-8-15)13-22-9-1-3-16(22)11-20-18(23)21-12-17-4-2-10-24-17/h1-10H,11-13H2,(H2,20,21,23). The van der Waals surface area contributed by atoms with Crippen LogP contribution in [0.1, 0.15) is 17.0 Å². The maximum Gasteiger partial charge on any atom is 0.315 e. The van der Waals surface area contributed by atoms with Gasteiger partial charge in [0.1, 0.15) is 11.6 Å². The van der Waals surface area contributed by atoms with E-state index in [9.17, 15) is 9.18 Å². The van der Waals surface area contributed by atoms with Crippen LogP contribution in [0.5, 0.6) is 0 Å². The van der Waals surface area contributed by atoms with Gasteiger partial charge in [-0.2, -0.15) is 0 Å². The molecule has 2 heterocycles. The first-order chi connectivity index (χ1) is 11.7. The van der Waals surface area contributed by atoms with Crippen molar-refractivity contribution in [1.29, 1.82) is 0 Å². The number of rotatable bonds is 6. The molecule has 0 bridgehead atoms. The van der Waals surface area contributed by atoms with Gasteiger partial charge >= 0.3 is 6.03 Å². The fourth-order valence-electron chi connectivity index (χ4n) is 2.36. The number of amides is 2. The molecule has 0 aliphatic carbocycles. The van der Waals surface area contributed by atoms with Crippen LogP contribution in [0.4, 0.5) is 9.18 Å². The third kappa shape index (κ3) is 4.25. The van der Waals surface area contributed by atoms with Gasteiger partial charge in [0.2, 0.25) is 0 Å². The quantitative estimate of drug-likeness (QED) is 0.730. The smallest absolute Gasteiger partial charge is 0.315 e. The topological polar surface area (TPSA) is 59.2 Å². The van der Waals surface area contributed by atoms with E-state index in [1.54, 1.807) is 30.5 Å². The van der Waals surface area contributed by atoms with Gasteiger partial charge in [0.05, 0.1) is 19.4 Å². The van der Waals surface area contributed by atoms with Gasteiger partial charge in [-0.1, -0.05) is 12.1 Å². The summed E-state index contributed by atoms with van der Waals surface area (Å²) in [5.41, 5.74) is 1.96. The molecular weight excluding hydrogens is 309 g/mol. The Bertz CT molecular complexity index is 779. The second-order valence-corrected chi connectivity index (χ2v) is 5.37. The lowest BCUT2D eigenvalue weighted by atomic mass is 10.2. The van der Waals surface area contributed by atoms with Crippen molar-refractivity contribution in [2.45, 2.75) is 19.6 Å². The van der Waals surface area contributed by atoms with Gasteiger partial charge < -0.3 is 19.6 Å². The lowest BCUT2D eigenvalue weighted by Crippen LogP contribution is -2.35. The third-order valence-corrected chi connectivity index (χ3v) is 3.62. The second kappa shape index (κ2) is 7.50. The van der Waals surface area contributed by atoms with Gasteiger partial charge in [-0.3, -0.25) is 0 Å². The molecule has 3 rings (SSSR count). The van der Waals surface area contributed by atoms with Crippen molar-refractivity contribution in [2.75, 3.05) is 0 Å². The molecule has 0 aliphatic rings. The van der Waals surface area contributed by atoms with E-state index < -0.39 is 0 Å². The van der Waals surface area contributed by atoms with Crippen molar-refractivity contribution in [3.63, 3.8) is 0 Å². The van der Waals surface area contributed by atoms with Gasteiger partial charge in [0.15, 0.2) is 0 Å². The van der Waals surface area contributed by atoms with Crippen molar-refractivity contribution in [2.24, 2.45) is 0 Å². The van der Waals surface area contributed by atoms with Crippen LogP contribution in [0.15, 0.2) is 65.4 Å². The van der Waals surface area contributed by atoms with E-state index in [-0.39, 0.29) is 11.8 Å². The number of furan rings is 1. The maximum absolute atomic E-state index is 13.0. The zero-order valence-electron chi connectivity index (χ0n) is 13.0. The summed E-state index contributed by atoms with van der Waals surface area (Å²) in [5, 5.41) is 5.54. The summed E-state index contributed by atoms with van der Waals surface area (Å²) in [7, 11) is 0. The van der Waals surface area contributed by atoms with Gasteiger partial charge in [-0.15, -0.1) is 0 Å². The molecule has 2 amide bonds. The SMILES string of the molecule is O=C(NCc1ccco1)NCc1cccn1Cc1ccc(F)cc1. The van der Waals surface area contributed by atoms with E-state index >= 15 is 0 Å². The molecule has 1 aromatic carbocycles. The highest BCUT2D eigenvalue weighted by Crippen LogP contribution is 2.09. The molecule has 2 aromatic heterocycles. The Kier molecular flexibility index (Phi) is 4.96. The Balaban J connectivity index is 1.51. The van der Waals surface area contributed by atoms with E-state index in [0.29, 0.717) is 25.4 Å². The normalized spacial score (nSPS) is 10.5. The van der Waals surface area contributed by atoms with Gasteiger partial charge in [0, 0.05) is 18.4 Å². The minimum absolute atomic E-state index is 0.249. The van der Waals surface area contributed by atoms with Crippen molar-refractivity contribution in [1.82, 2.24) is 15.2 Å². The van der Waals surface area contributed by atoms with E-state index in [1.807, 2.05) is 22.9 Å². The van der Waals surface area contributed by atoms with Crippen LogP contribution in [-0.2, 0) is 19.6 Å². The van der Waals surface area contributed by atoms with Crippen molar-refractivity contribution in [3.05, 3.63) is 83.8 Å². The predicted molar refractivity (Wildman–Crippen MR) is 87.7 cm³/mol. The number of nitrogens with one attached hydrogen (secondary N) is 2. The van der Waals surface area contributed by atoms with Crippen LogP contribution in [0.2, 0.25) is 0 Å². The van der Waals surface area contributed by atoms with Gasteiger partial charge in [-0.25, -0.2) is 9.18 Å². The highest BCUT2D eigenvalue weighted by Gasteiger charge is 2.06. The number of halogens is 1. The van der Waals surface area contributed by atoms with Crippen molar-refractivity contribution < 1.29 is 13.6 Å². The lowest BCUT2D eigenvalue weighted by Gasteiger charge is -2.11. The van der Waals surface area contributed by atoms with Crippen LogP contribution in [-0.4, -0.2) is 10.6 Å². The van der Waals surface area contributed by atoms with Crippen LogP contribution in [0, 0.1) is 5.82 Å². The number of carbonyl (C=O) groups excluding carboxylic acids is 1. The summed E-state index contributed by atoms with van der Waals surface area (Å²) in [4.78, 5) is 11.8. The summed E-state index contributed by atoms with van der Waals surface area (Å²) in [6.45, 7) is 1.37. The van der Waals surface area contributed by atoms with E-state index in [0.717, 1.165) is 11.3 Å². The molecule has 6 heteroatoms. The lowest BCUT2D eigenvalue weighted by molar-refractivity contribution is 0.239. The molecule has 2 N–H and O–H groups in total. The Morgan fingerprint density at radius 1 is 1.04 bits per heavy atom. The van der Waals surface area contributed by atoms with E-state index in [1.165, 1.54) is 12.1 Å². The Hall–Kier alpha value is -3.02. The van der Waals surface area contributed by atoms with Crippen LogP contribution >= 0.6 is 0 Å². The molecule has 0 saturated carbocycles. The molecule has 0 unspecified atom stereocenters. The van der Waals surface area contributed by atoms with Crippen molar-refractivity contribution >= 4 is 6.03 Å². The Morgan fingerprint density at radius 3 is 2.58 bits per heavy atom. The first-order valence-electron chi connectivity index (χ1n) is 7.63. The summed E-state index contributed by atoms with van der Waals surface area (Å²) < 4.78 is 20.1. The summed E-state index contributed by atoms with van der Waals surface area (Å²) >= 11 is 0. The Morgan fingerprint density at radius 2 is 1.83 bits per heavy atom. The largest absolute Gasteiger partial charge is 0.467 e. The molecule has 5 nitrogen and oxygen atoms in total. The molecule has 0 aliphatic heterocycles. The fourth-order valence-corrected chi connectivity index (χ4v) is 2.36. The molecule has 3 aromatic rings. The monoisotopic (exact) mass is 327 g/mol. The first-order valence-corrected chi connectivity index (χ1v) is 7.63. The number of hydrogen-bond donors (Lipinski definition) is 2. The average Bonchev–Trinajstić information content (AvgIpc) is 3.25. The summed E-state index contributed by atoms with van der Waals surface area (Å²) in [6, 6.07) is 13.6. The third-order valence-electron chi connectivity index (χ3n) is 3.62. The minimum atomic E-state index is -0.263. The van der Waals surface area contributed by atoms with Crippen LogP contribution in [0.3, 0.4) is 0 Å². The molecule has 124 valence electrons. The van der Waals surface area contributed by atoms with Crippen LogP contribution < -0.4 is 10.6 Å².